The predicted octanol–water partition coefficient (Wildman–Crippen LogP) is 2.39. The van der Waals surface area contributed by atoms with Crippen molar-refractivity contribution in [2.24, 2.45) is 0 Å². The first kappa shape index (κ1) is 18.2. The predicted molar refractivity (Wildman–Crippen MR) is 103 cm³/mol. The first-order valence-corrected chi connectivity index (χ1v) is 9.28. The molecule has 0 aliphatic heterocycles. The van der Waals surface area contributed by atoms with Crippen LogP contribution in [0.25, 0.3) is 10.6 Å². The largest absolute Gasteiger partial charge is 0.355 e. The average molecular weight is 367 g/mol. The molecule has 1 amide bonds. The third-order valence-corrected chi connectivity index (χ3v) is 4.68. The van der Waals surface area contributed by atoms with E-state index < -0.39 is 0 Å². The van der Waals surface area contributed by atoms with Gasteiger partial charge in [0.25, 0.3) is 0 Å². The first-order valence-electron chi connectivity index (χ1n) is 8.40. The monoisotopic (exact) mass is 367 g/mol. The number of thiazole rings is 1. The van der Waals surface area contributed by atoms with E-state index in [2.05, 4.69) is 20.3 Å². The summed E-state index contributed by atoms with van der Waals surface area (Å²) in [6, 6.07) is 9.68. The molecule has 3 heterocycles. The summed E-state index contributed by atoms with van der Waals surface area (Å²) in [5.41, 5.74) is 2.95. The Labute approximate surface area is 157 Å². The van der Waals surface area contributed by atoms with Crippen LogP contribution in [0.15, 0.2) is 54.3 Å². The molecule has 3 aromatic rings. The molecular formula is C19H21N5OS. The number of nitrogens with zero attached hydrogens (tertiary/aromatic N) is 4. The van der Waals surface area contributed by atoms with E-state index in [1.807, 2.05) is 53.9 Å². The zero-order valence-corrected chi connectivity index (χ0v) is 15.4. The van der Waals surface area contributed by atoms with Gasteiger partial charge in [-0.1, -0.05) is 6.07 Å². The van der Waals surface area contributed by atoms with Gasteiger partial charge in [-0.25, -0.2) is 4.98 Å². The Hall–Kier alpha value is -2.64. The van der Waals surface area contributed by atoms with Gasteiger partial charge in [-0.05, 0) is 31.3 Å². The van der Waals surface area contributed by atoms with Gasteiger partial charge in [-0.2, -0.15) is 0 Å². The van der Waals surface area contributed by atoms with Gasteiger partial charge in [0.1, 0.15) is 5.01 Å². The number of amides is 1. The quantitative estimate of drug-likeness (QED) is 0.662. The minimum Gasteiger partial charge on any atom is -0.355 e. The molecular weight excluding hydrogens is 346 g/mol. The number of carbonyl (C=O) groups excluding carboxylic acids is 1. The van der Waals surface area contributed by atoms with Crippen LogP contribution < -0.4 is 5.32 Å². The van der Waals surface area contributed by atoms with Crippen molar-refractivity contribution < 1.29 is 4.79 Å². The van der Waals surface area contributed by atoms with Crippen LogP contribution in [-0.4, -0.2) is 45.9 Å². The summed E-state index contributed by atoms with van der Waals surface area (Å²) in [4.78, 5) is 27.0. The van der Waals surface area contributed by atoms with Gasteiger partial charge in [0, 0.05) is 49.0 Å². The maximum absolute atomic E-state index is 12.1. The van der Waals surface area contributed by atoms with Crippen LogP contribution >= 0.6 is 11.3 Å². The fourth-order valence-electron chi connectivity index (χ4n) is 2.50. The summed E-state index contributed by atoms with van der Waals surface area (Å²) in [5, 5.41) is 5.93. The summed E-state index contributed by atoms with van der Waals surface area (Å²) in [7, 11) is 1.91. The summed E-state index contributed by atoms with van der Waals surface area (Å²) in [6.07, 6.45) is 6.03. The second-order valence-corrected chi connectivity index (χ2v) is 6.84. The Morgan fingerprint density at radius 3 is 2.88 bits per heavy atom. The van der Waals surface area contributed by atoms with E-state index in [0.717, 1.165) is 22.0 Å². The van der Waals surface area contributed by atoms with Crippen LogP contribution in [0, 0.1) is 0 Å². The molecule has 6 nitrogen and oxygen atoms in total. The molecule has 0 saturated carbocycles. The topological polar surface area (TPSA) is 71.0 Å². The molecule has 7 heteroatoms. The van der Waals surface area contributed by atoms with Crippen LogP contribution in [0.2, 0.25) is 0 Å². The van der Waals surface area contributed by atoms with Crippen LogP contribution in [0.3, 0.4) is 0 Å². The number of aromatic nitrogens is 3. The Balaban J connectivity index is 1.40. The van der Waals surface area contributed by atoms with E-state index in [-0.39, 0.29) is 5.91 Å². The molecule has 0 aliphatic carbocycles. The van der Waals surface area contributed by atoms with E-state index in [1.165, 1.54) is 0 Å². The zero-order valence-electron chi connectivity index (χ0n) is 14.6. The van der Waals surface area contributed by atoms with Crippen molar-refractivity contribution in [3.05, 3.63) is 65.7 Å². The lowest BCUT2D eigenvalue weighted by Gasteiger charge is -2.15. The summed E-state index contributed by atoms with van der Waals surface area (Å²) in [5.74, 6) is 0.00569. The maximum Gasteiger partial charge on any atom is 0.234 e. The molecule has 0 spiro atoms. The number of likely N-dealkylation sites (N-methyl/N-ethyl adjacent to an activating group) is 1. The number of hydrogen-bond acceptors (Lipinski definition) is 6. The SMILES string of the molecule is CN(CC(=O)NCCc1csc(-c2cccnc2)n1)Cc1ccccn1. The average Bonchev–Trinajstić information content (AvgIpc) is 3.12. The molecule has 0 saturated heterocycles. The molecule has 0 bridgehead atoms. The summed E-state index contributed by atoms with van der Waals surface area (Å²) in [6.45, 7) is 1.57. The summed E-state index contributed by atoms with van der Waals surface area (Å²) >= 11 is 1.59. The molecule has 134 valence electrons. The van der Waals surface area contributed by atoms with Crippen LogP contribution in [-0.2, 0) is 17.8 Å². The molecule has 0 fully saturated rings. The fraction of sp³-hybridized carbons (Fsp3) is 0.263. The van der Waals surface area contributed by atoms with Gasteiger partial charge >= 0.3 is 0 Å². The lowest BCUT2D eigenvalue weighted by atomic mass is 10.3. The van der Waals surface area contributed by atoms with Crippen molar-refractivity contribution in [2.45, 2.75) is 13.0 Å². The molecule has 0 aliphatic rings. The van der Waals surface area contributed by atoms with E-state index in [0.29, 0.717) is 26.1 Å². The lowest BCUT2D eigenvalue weighted by molar-refractivity contribution is -0.122. The Kier molecular flexibility index (Phi) is 6.40. The molecule has 1 N–H and O–H groups in total. The zero-order chi connectivity index (χ0) is 18.2. The van der Waals surface area contributed by atoms with E-state index >= 15 is 0 Å². The van der Waals surface area contributed by atoms with Crippen molar-refractivity contribution >= 4 is 17.2 Å². The van der Waals surface area contributed by atoms with Gasteiger partial charge in [-0.15, -0.1) is 11.3 Å². The van der Waals surface area contributed by atoms with E-state index in [9.17, 15) is 4.79 Å². The lowest BCUT2D eigenvalue weighted by Crippen LogP contribution is -2.36. The summed E-state index contributed by atoms with van der Waals surface area (Å²) < 4.78 is 0. The molecule has 0 radical (unpaired) electrons. The molecule has 26 heavy (non-hydrogen) atoms. The fourth-order valence-corrected chi connectivity index (χ4v) is 3.34. The second kappa shape index (κ2) is 9.17. The van der Waals surface area contributed by atoms with Crippen LogP contribution in [0.1, 0.15) is 11.4 Å². The van der Waals surface area contributed by atoms with Gasteiger partial charge < -0.3 is 5.32 Å². The van der Waals surface area contributed by atoms with Crippen LogP contribution in [0.4, 0.5) is 0 Å². The van der Waals surface area contributed by atoms with Gasteiger partial charge in [0.05, 0.1) is 17.9 Å². The number of hydrogen-bond donors (Lipinski definition) is 1. The second-order valence-electron chi connectivity index (χ2n) is 5.98. The van der Waals surface area contributed by atoms with Crippen molar-refractivity contribution in [1.29, 1.82) is 0 Å². The molecule has 3 aromatic heterocycles. The highest BCUT2D eigenvalue weighted by molar-refractivity contribution is 7.13. The van der Waals surface area contributed by atoms with Crippen molar-refractivity contribution in [3.63, 3.8) is 0 Å². The van der Waals surface area contributed by atoms with Crippen molar-refractivity contribution in [2.75, 3.05) is 20.1 Å². The Morgan fingerprint density at radius 2 is 2.12 bits per heavy atom. The third-order valence-electron chi connectivity index (χ3n) is 3.74. The molecule has 0 atom stereocenters. The smallest absolute Gasteiger partial charge is 0.234 e. The molecule has 0 aromatic carbocycles. The van der Waals surface area contributed by atoms with E-state index in [4.69, 9.17) is 0 Å². The molecule has 3 rings (SSSR count). The maximum atomic E-state index is 12.1. The van der Waals surface area contributed by atoms with Crippen LogP contribution in [0.5, 0.6) is 0 Å². The van der Waals surface area contributed by atoms with Crippen molar-refractivity contribution in [3.8, 4) is 10.6 Å². The van der Waals surface area contributed by atoms with E-state index in [1.54, 1.807) is 23.7 Å². The molecule has 0 unspecified atom stereocenters. The minimum atomic E-state index is 0.00569. The normalized spacial score (nSPS) is 10.8. The standard InChI is InChI=1S/C19H21N5OS/c1-24(12-16-6-2-3-9-21-16)13-18(25)22-10-7-17-14-26-19(23-17)15-5-4-8-20-11-15/h2-6,8-9,11,14H,7,10,12-13H2,1H3,(H,22,25). The van der Waals surface area contributed by atoms with Gasteiger partial charge in [-0.3, -0.25) is 19.7 Å². The highest BCUT2D eigenvalue weighted by Gasteiger charge is 2.08. The first-order chi connectivity index (χ1) is 12.7. The number of nitrogens with one attached hydrogen (secondary N) is 1. The highest BCUT2D eigenvalue weighted by atomic mass is 32.1. The Bertz CT molecular complexity index is 822. The number of carbonyl (C=O) groups is 1. The van der Waals surface area contributed by atoms with Crippen molar-refractivity contribution in [1.82, 2.24) is 25.2 Å². The van der Waals surface area contributed by atoms with Gasteiger partial charge in [0.15, 0.2) is 0 Å². The Morgan fingerprint density at radius 1 is 1.19 bits per heavy atom. The number of pyridine rings is 2. The minimum absolute atomic E-state index is 0.00569. The third kappa shape index (κ3) is 5.44. The number of rotatable bonds is 8. The van der Waals surface area contributed by atoms with Gasteiger partial charge in [0.2, 0.25) is 5.91 Å². The highest BCUT2D eigenvalue weighted by Crippen LogP contribution is 2.22.